The van der Waals surface area contributed by atoms with E-state index in [9.17, 15) is 4.79 Å². The van der Waals surface area contributed by atoms with Crippen LogP contribution in [0, 0.1) is 0 Å². The van der Waals surface area contributed by atoms with Gasteiger partial charge in [0.1, 0.15) is 17.1 Å². The maximum Gasteiger partial charge on any atom is 0.193 e. The van der Waals surface area contributed by atoms with E-state index < -0.39 is 0 Å². The van der Waals surface area contributed by atoms with Gasteiger partial charge in [0.25, 0.3) is 0 Å². The highest BCUT2D eigenvalue weighted by Gasteiger charge is 2.05. The fourth-order valence-corrected chi connectivity index (χ4v) is 1.54. The van der Waals surface area contributed by atoms with Crippen LogP contribution in [0.1, 0.15) is 12.7 Å². The van der Waals surface area contributed by atoms with Crippen molar-refractivity contribution in [1.29, 1.82) is 0 Å². The van der Waals surface area contributed by atoms with E-state index in [-0.39, 0.29) is 12.0 Å². The van der Waals surface area contributed by atoms with Gasteiger partial charge in [0.2, 0.25) is 0 Å². The van der Waals surface area contributed by atoms with E-state index in [1.54, 1.807) is 18.2 Å². The van der Waals surface area contributed by atoms with Crippen LogP contribution in [-0.4, -0.2) is 6.61 Å². The Kier molecular flexibility index (Phi) is 2.92. The number of hydrogen-bond donors (Lipinski definition) is 1. The average Bonchev–Trinajstić information content (AvgIpc) is 2.30. The molecule has 0 unspecified atom stereocenters. The second-order valence-electron chi connectivity index (χ2n) is 3.37. The first-order valence-corrected chi connectivity index (χ1v) is 5.14. The maximum absolute atomic E-state index is 11.7. The molecule has 2 N–H and O–H groups in total. The SMILES string of the molecule is CCOc1ccc2oc(CN)cc(=O)c2c1. The van der Waals surface area contributed by atoms with E-state index in [4.69, 9.17) is 14.9 Å². The highest BCUT2D eigenvalue weighted by molar-refractivity contribution is 5.78. The summed E-state index contributed by atoms with van der Waals surface area (Å²) in [6.07, 6.45) is 0. The van der Waals surface area contributed by atoms with Crippen LogP contribution in [0.15, 0.2) is 33.5 Å². The summed E-state index contributed by atoms with van der Waals surface area (Å²) in [5.74, 6) is 1.16. The number of fused-ring (bicyclic) bond motifs is 1. The van der Waals surface area contributed by atoms with Gasteiger partial charge in [0, 0.05) is 6.07 Å². The van der Waals surface area contributed by atoms with Gasteiger partial charge in [-0.3, -0.25) is 4.79 Å². The van der Waals surface area contributed by atoms with Crippen molar-refractivity contribution >= 4 is 11.0 Å². The highest BCUT2D eigenvalue weighted by Crippen LogP contribution is 2.19. The van der Waals surface area contributed by atoms with Gasteiger partial charge in [-0.05, 0) is 25.1 Å². The minimum absolute atomic E-state index is 0.0942. The Bertz CT molecular complexity index is 560. The molecule has 0 saturated heterocycles. The van der Waals surface area contributed by atoms with Crippen LogP contribution in [-0.2, 0) is 6.54 Å². The Balaban J connectivity index is 2.61. The van der Waals surface area contributed by atoms with Gasteiger partial charge in [0.15, 0.2) is 5.43 Å². The zero-order valence-electron chi connectivity index (χ0n) is 9.03. The minimum Gasteiger partial charge on any atom is -0.494 e. The monoisotopic (exact) mass is 219 g/mol. The lowest BCUT2D eigenvalue weighted by molar-refractivity contribution is 0.340. The molecule has 4 nitrogen and oxygen atoms in total. The molecule has 0 aliphatic carbocycles. The van der Waals surface area contributed by atoms with Crippen molar-refractivity contribution in [2.75, 3.05) is 6.61 Å². The summed E-state index contributed by atoms with van der Waals surface area (Å²) in [5, 5.41) is 0.517. The van der Waals surface area contributed by atoms with Crippen molar-refractivity contribution in [2.45, 2.75) is 13.5 Å². The van der Waals surface area contributed by atoms with Crippen LogP contribution >= 0.6 is 0 Å². The van der Waals surface area contributed by atoms with E-state index >= 15 is 0 Å². The van der Waals surface area contributed by atoms with Gasteiger partial charge in [0.05, 0.1) is 18.5 Å². The Morgan fingerprint density at radius 3 is 2.88 bits per heavy atom. The average molecular weight is 219 g/mol. The third-order valence-electron chi connectivity index (χ3n) is 2.26. The molecule has 1 aromatic carbocycles. The molecule has 0 aliphatic rings. The minimum atomic E-state index is -0.0942. The molecule has 4 heteroatoms. The van der Waals surface area contributed by atoms with E-state index in [2.05, 4.69) is 0 Å². The van der Waals surface area contributed by atoms with Crippen LogP contribution in [0.2, 0.25) is 0 Å². The molecule has 0 fully saturated rings. The molecule has 0 saturated carbocycles. The van der Waals surface area contributed by atoms with Crippen LogP contribution in [0.25, 0.3) is 11.0 Å². The predicted molar refractivity (Wildman–Crippen MR) is 61.5 cm³/mol. The number of nitrogens with two attached hydrogens (primary N) is 1. The summed E-state index contributed by atoms with van der Waals surface area (Å²) in [4.78, 5) is 11.7. The third-order valence-corrected chi connectivity index (χ3v) is 2.26. The molecular formula is C12H13NO3. The lowest BCUT2D eigenvalue weighted by Gasteiger charge is -2.04. The van der Waals surface area contributed by atoms with Gasteiger partial charge >= 0.3 is 0 Å². The van der Waals surface area contributed by atoms with Gasteiger partial charge in [-0.25, -0.2) is 0 Å². The summed E-state index contributed by atoms with van der Waals surface area (Å²) >= 11 is 0. The molecule has 16 heavy (non-hydrogen) atoms. The Labute approximate surface area is 92.6 Å². The Hall–Kier alpha value is -1.81. The van der Waals surface area contributed by atoms with Crippen molar-refractivity contribution in [3.05, 3.63) is 40.2 Å². The molecule has 2 aromatic rings. The van der Waals surface area contributed by atoms with Crippen LogP contribution in [0.4, 0.5) is 0 Å². The molecule has 84 valence electrons. The van der Waals surface area contributed by atoms with Gasteiger partial charge < -0.3 is 14.9 Å². The molecule has 0 amide bonds. The van der Waals surface area contributed by atoms with Crippen molar-refractivity contribution in [3.63, 3.8) is 0 Å². The summed E-state index contributed by atoms with van der Waals surface area (Å²) in [7, 11) is 0. The smallest absolute Gasteiger partial charge is 0.193 e. The van der Waals surface area contributed by atoms with E-state index in [0.717, 1.165) is 0 Å². The predicted octanol–water partition coefficient (Wildman–Crippen LogP) is 1.65. The fourth-order valence-electron chi connectivity index (χ4n) is 1.54. The topological polar surface area (TPSA) is 65.5 Å². The zero-order valence-corrected chi connectivity index (χ0v) is 9.03. The molecule has 0 radical (unpaired) electrons. The molecule has 0 aliphatic heterocycles. The third kappa shape index (κ3) is 1.92. The standard InChI is InChI=1S/C12H13NO3/c1-2-15-8-3-4-12-10(5-8)11(14)6-9(7-13)16-12/h3-6H,2,7,13H2,1H3. The highest BCUT2D eigenvalue weighted by atomic mass is 16.5. The summed E-state index contributed by atoms with van der Waals surface area (Å²) < 4.78 is 10.8. The van der Waals surface area contributed by atoms with Crippen LogP contribution < -0.4 is 15.9 Å². The Morgan fingerprint density at radius 2 is 2.19 bits per heavy atom. The lowest BCUT2D eigenvalue weighted by atomic mass is 10.2. The molecule has 0 atom stereocenters. The van der Waals surface area contributed by atoms with Crippen molar-refractivity contribution in [1.82, 2.24) is 0 Å². The Morgan fingerprint density at radius 1 is 1.38 bits per heavy atom. The summed E-state index contributed by atoms with van der Waals surface area (Å²) in [5.41, 5.74) is 5.87. The van der Waals surface area contributed by atoms with E-state index in [0.29, 0.717) is 29.1 Å². The first-order valence-electron chi connectivity index (χ1n) is 5.14. The molecule has 1 heterocycles. The number of ether oxygens (including phenoxy) is 1. The molecule has 0 bridgehead atoms. The van der Waals surface area contributed by atoms with Gasteiger partial charge in [-0.15, -0.1) is 0 Å². The van der Waals surface area contributed by atoms with Crippen molar-refractivity contribution < 1.29 is 9.15 Å². The summed E-state index contributed by atoms with van der Waals surface area (Å²) in [6, 6.07) is 6.60. The molecule has 2 rings (SSSR count). The van der Waals surface area contributed by atoms with Crippen molar-refractivity contribution in [3.8, 4) is 5.75 Å². The second kappa shape index (κ2) is 4.37. The quantitative estimate of drug-likeness (QED) is 0.852. The van der Waals surface area contributed by atoms with E-state index in [1.165, 1.54) is 6.07 Å². The fraction of sp³-hybridized carbons (Fsp3) is 0.250. The summed E-state index contributed by atoms with van der Waals surface area (Å²) in [6.45, 7) is 2.68. The van der Waals surface area contributed by atoms with Crippen LogP contribution in [0.3, 0.4) is 0 Å². The van der Waals surface area contributed by atoms with Gasteiger partial charge in [-0.2, -0.15) is 0 Å². The number of rotatable bonds is 3. The largest absolute Gasteiger partial charge is 0.494 e. The zero-order chi connectivity index (χ0) is 11.5. The first kappa shape index (κ1) is 10.7. The second-order valence-corrected chi connectivity index (χ2v) is 3.37. The van der Waals surface area contributed by atoms with Crippen LogP contribution in [0.5, 0.6) is 5.75 Å². The number of hydrogen-bond acceptors (Lipinski definition) is 4. The molecule has 1 aromatic heterocycles. The van der Waals surface area contributed by atoms with Gasteiger partial charge in [-0.1, -0.05) is 0 Å². The molecular weight excluding hydrogens is 206 g/mol. The molecule has 0 spiro atoms. The van der Waals surface area contributed by atoms with Crippen molar-refractivity contribution in [2.24, 2.45) is 5.73 Å². The normalized spacial score (nSPS) is 10.6. The van der Waals surface area contributed by atoms with E-state index in [1.807, 2.05) is 6.92 Å². The number of benzene rings is 1. The first-order chi connectivity index (χ1) is 7.74. The maximum atomic E-state index is 11.7. The lowest BCUT2D eigenvalue weighted by Crippen LogP contribution is -2.05.